The zero-order valence-electron chi connectivity index (χ0n) is 20.3. The third kappa shape index (κ3) is 4.81. The van der Waals surface area contributed by atoms with Gasteiger partial charge < -0.3 is 10.2 Å². The van der Waals surface area contributed by atoms with Crippen molar-refractivity contribution < 1.29 is 9.18 Å². The fourth-order valence-electron chi connectivity index (χ4n) is 5.08. The van der Waals surface area contributed by atoms with Crippen molar-refractivity contribution in [3.63, 3.8) is 0 Å². The molecule has 0 saturated heterocycles. The van der Waals surface area contributed by atoms with E-state index in [4.69, 9.17) is 0 Å². The standard InChI is InChI=1S/C32H26FN3O/c33-27-14-9-22(10-15-27)21-36(32(37)26-12-11-23-5-1-2-7-25(23)19-26)28-17-18-34-31(20-28)35-30-16-13-24-6-3-4-8-29(24)30/h1-12,14-15,17-20,30H,13,16,21H2,(H,34,35). The number of nitrogens with zero attached hydrogens (tertiary/aromatic N) is 2. The van der Waals surface area contributed by atoms with Gasteiger partial charge in [0.15, 0.2) is 0 Å². The molecule has 1 aromatic heterocycles. The molecule has 1 amide bonds. The van der Waals surface area contributed by atoms with E-state index in [0.717, 1.165) is 40.7 Å². The molecule has 5 heteroatoms. The lowest BCUT2D eigenvalue weighted by Gasteiger charge is -2.24. The molecule has 6 rings (SSSR count). The number of fused-ring (bicyclic) bond motifs is 2. The number of hydrogen-bond donors (Lipinski definition) is 1. The fourth-order valence-corrected chi connectivity index (χ4v) is 5.08. The number of hydrogen-bond acceptors (Lipinski definition) is 3. The lowest BCUT2D eigenvalue weighted by atomic mass is 10.1. The largest absolute Gasteiger partial charge is 0.363 e. The van der Waals surface area contributed by atoms with E-state index >= 15 is 0 Å². The lowest BCUT2D eigenvalue weighted by Crippen LogP contribution is -2.30. The van der Waals surface area contributed by atoms with Crippen molar-refractivity contribution in [2.24, 2.45) is 0 Å². The van der Waals surface area contributed by atoms with Gasteiger partial charge in [-0.3, -0.25) is 4.79 Å². The summed E-state index contributed by atoms with van der Waals surface area (Å²) < 4.78 is 13.6. The molecule has 0 radical (unpaired) electrons. The van der Waals surface area contributed by atoms with E-state index in [1.807, 2.05) is 54.6 Å². The van der Waals surface area contributed by atoms with Gasteiger partial charge in [0.25, 0.3) is 5.91 Å². The van der Waals surface area contributed by atoms with Crippen LogP contribution in [0.1, 0.15) is 39.5 Å². The van der Waals surface area contributed by atoms with E-state index < -0.39 is 0 Å². The summed E-state index contributed by atoms with van der Waals surface area (Å²) in [6.45, 7) is 0.307. The monoisotopic (exact) mass is 487 g/mol. The van der Waals surface area contributed by atoms with Gasteiger partial charge in [-0.05, 0) is 70.6 Å². The summed E-state index contributed by atoms with van der Waals surface area (Å²) in [5, 5.41) is 5.65. The highest BCUT2D eigenvalue weighted by molar-refractivity contribution is 6.08. The summed E-state index contributed by atoms with van der Waals surface area (Å²) in [4.78, 5) is 20.2. The minimum atomic E-state index is -0.302. The van der Waals surface area contributed by atoms with E-state index in [-0.39, 0.29) is 17.8 Å². The smallest absolute Gasteiger partial charge is 0.258 e. The van der Waals surface area contributed by atoms with Gasteiger partial charge in [-0.2, -0.15) is 0 Å². The van der Waals surface area contributed by atoms with Gasteiger partial charge in [0.05, 0.1) is 12.6 Å². The quantitative estimate of drug-likeness (QED) is 0.273. The van der Waals surface area contributed by atoms with E-state index in [9.17, 15) is 9.18 Å². The first-order valence-corrected chi connectivity index (χ1v) is 12.5. The first-order valence-electron chi connectivity index (χ1n) is 12.5. The van der Waals surface area contributed by atoms with Crippen LogP contribution < -0.4 is 10.2 Å². The number of rotatable bonds is 6. The molecule has 5 aromatic rings. The highest BCUT2D eigenvalue weighted by atomic mass is 19.1. The van der Waals surface area contributed by atoms with Crippen molar-refractivity contribution in [2.75, 3.05) is 10.2 Å². The second-order valence-electron chi connectivity index (χ2n) is 9.41. The number of aryl methyl sites for hydroxylation is 1. The third-order valence-electron chi connectivity index (χ3n) is 7.01. The molecule has 0 saturated carbocycles. The Morgan fingerprint density at radius 3 is 2.54 bits per heavy atom. The van der Waals surface area contributed by atoms with Crippen LogP contribution in [0.4, 0.5) is 15.9 Å². The van der Waals surface area contributed by atoms with Crippen LogP contribution in [0, 0.1) is 5.82 Å². The molecule has 0 spiro atoms. The Hall–Kier alpha value is -4.51. The van der Waals surface area contributed by atoms with Crippen molar-refractivity contribution in [3.8, 4) is 0 Å². The third-order valence-corrected chi connectivity index (χ3v) is 7.01. The molecule has 1 aliphatic rings. The predicted octanol–water partition coefficient (Wildman–Crippen LogP) is 7.32. The highest BCUT2D eigenvalue weighted by Gasteiger charge is 2.23. The van der Waals surface area contributed by atoms with E-state index in [2.05, 4.69) is 34.6 Å². The molecule has 0 aliphatic heterocycles. The second-order valence-corrected chi connectivity index (χ2v) is 9.41. The Bertz CT molecular complexity index is 1580. The van der Waals surface area contributed by atoms with Crippen molar-refractivity contribution >= 4 is 28.2 Å². The topological polar surface area (TPSA) is 45.2 Å². The summed E-state index contributed by atoms with van der Waals surface area (Å²) >= 11 is 0. The molecule has 1 atom stereocenters. The van der Waals surface area contributed by atoms with Gasteiger partial charge in [-0.15, -0.1) is 0 Å². The molecule has 182 valence electrons. The zero-order valence-corrected chi connectivity index (χ0v) is 20.3. The van der Waals surface area contributed by atoms with Crippen molar-refractivity contribution in [1.82, 2.24) is 4.98 Å². The van der Waals surface area contributed by atoms with Crippen molar-refractivity contribution in [3.05, 3.63) is 137 Å². The number of amides is 1. The molecule has 0 fully saturated rings. The van der Waals surface area contributed by atoms with Gasteiger partial charge in [0.1, 0.15) is 11.6 Å². The van der Waals surface area contributed by atoms with Crippen LogP contribution in [-0.4, -0.2) is 10.9 Å². The molecule has 4 nitrogen and oxygen atoms in total. The predicted molar refractivity (Wildman–Crippen MR) is 146 cm³/mol. The van der Waals surface area contributed by atoms with Crippen LogP contribution in [0.2, 0.25) is 0 Å². The number of carbonyl (C=O) groups is 1. The first kappa shape index (κ1) is 22.9. The molecule has 1 N–H and O–H groups in total. The number of benzene rings is 4. The molecule has 4 aromatic carbocycles. The van der Waals surface area contributed by atoms with Crippen molar-refractivity contribution in [1.29, 1.82) is 0 Å². The van der Waals surface area contributed by atoms with Gasteiger partial charge in [0, 0.05) is 23.5 Å². The van der Waals surface area contributed by atoms with Crippen LogP contribution in [0.25, 0.3) is 10.8 Å². The number of carbonyl (C=O) groups excluding carboxylic acids is 1. The molecule has 1 aliphatic carbocycles. The summed E-state index contributed by atoms with van der Waals surface area (Å²) in [5.41, 5.74) is 4.82. The summed E-state index contributed by atoms with van der Waals surface area (Å²) in [6, 6.07) is 32.4. The molecule has 1 unspecified atom stereocenters. The molecular weight excluding hydrogens is 461 g/mol. The van der Waals surface area contributed by atoms with E-state index in [1.54, 1.807) is 23.2 Å². The van der Waals surface area contributed by atoms with E-state index in [0.29, 0.717) is 12.1 Å². The van der Waals surface area contributed by atoms with Gasteiger partial charge in [-0.1, -0.05) is 66.7 Å². The van der Waals surface area contributed by atoms with Crippen molar-refractivity contribution in [2.45, 2.75) is 25.4 Å². The van der Waals surface area contributed by atoms with Crippen LogP contribution in [0.5, 0.6) is 0 Å². The zero-order chi connectivity index (χ0) is 25.2. The Morgan fingerprint density at radius 1 is 0.892 bits per heavy atom. The summed E-state index contributed by atoms with van der Waals surface area (Å²) in [7, 11) is 0. The first-order chi connectivity index (χ1) is 18.1. The minimum absolute atomic E-state index is 0.126. The average Bonchev–Trinajstić information content (AvgIpc) is 3.35. The van der Waals surface area contributed by atoms with Crippen LogP contribution in [0.3, 0.4) is 0 Å². The van der Waals surface area contributed by atoms with Crippen LogP contribution >= 0.6 is 0 Å². The van der Waals surface area contributed by atoms with Crippen LogP contribution in [-0.2, 0) is 13.0 Å². The summed E-state index contributed by atoms with van der Waals surface area (Å²) in [5.74, 6) is 0.288. The maximum absolute atomic E-state index is 13.9. The Labute approximate surface area is 215 Å². The Kier molecular flexibility index (Phi) is 6.11. The van der Waals surface area contributed by atoms with Crippen LogP contribution in [0.15, 0.2) is 109 Å². The van der Waals surface area contributed by atoms with Gasteiger partial charge in [0.2, 0.25) is 0 Å². The Morgan fingerprint density at radius 2 is 1.68 bits per heavy atom. The maximum atomic E-state index is 13.9. The second kappa shape index (κ2) is 9.86. The maximum Gasteiger partial charge on any atom is 0.258 e. The number of halogens is 1. The normalized spacial score (nSPS) is 14.4. The average molecular weight is 488 g/mol. The number of pyridine rings is 1. The number of anilines is 2. The number of nitrogens with one attached hydrogen (secondary N) is 1. The molecular formula is C32H26FN3O. The summed E-state index contributed by atoms with van der Waals surface area (Å²) in [6.07, 6.45) is 3.76. The molecule has 0 bridgehead atoms. The molecule has 37 heavy (non-hydrogen) atoms. The van der Waals surface area contributed by atoms with Gasteiger partial charge >= 0.3 is 0 Å². The minimum Gasteiger partial charge on any atom is -0.363 e. The molecule has 1 heterocycles. The fraction of sp³-hybridized carbons (Fsp3) is 0.125. The van der Waals surface area contributed by atoms with E-state index in [1.165, 1.54) is 23.3 Å². The lowest BCUT2D eigenvalue weighted by molar-refractivity contribution is 0.0985. The van der Waals surface area contributed by atoms with Gasteiger partial charge in [-0.25, -0.2) is 9.37 Å². The SMILES string of the molecule is O=C(c1ccc2ccccc2c1)N(Cc1ccc(F)cc1)c1ccnc(NC2CCc3ccccc32)c1. The Balaban J connectivity index is 1.34. The number of aromatic nitrogens is 1. The highest BCUT2D eigenvalue weighted by Crippen LogP contribution is 2.34.